The third-order valence-corrected chi connectivity index (χ3v) is 3.45. The Hall–Kier alpha value is -1.89. The van der Waals surface area contributed by atoms with Crippen LogP contribution in [0.3, 0.4) is 0 Å². The van der Waals surface area contributed by atoms with Crippen molar-refractivity contribution in [1.29, 1.82) is 0 Å². The van der Waals surface area contributed by atoms with Gasteiger partial charge in [-0.25, -0.2) is 4.98 Å². The number of carbonyl (C=O) groups excluding carboxylic acids is 1. The molecule has 1 aromatic carbocycles. The quantitative estimate of drug-likeness (QED) is 0.651. The molecule has 0 aliphatic heterocycles. The van der Waals surface area contributed by atoms with Crippen LogP contribution in [0.2, 0.25) is 10.2 Å². The van der Waals surface area contributed by atoms with Gasteiger partial charge in [0.25, 0.3) is 5.91 Å². The zero-order chi connectivity index (χ0) is 16.1. The monoisotopic (exact) mass is 355 g/mol. The SMILES string of the molecule is COc1ccc(C(=O)NC(=S)Nc2cccnc2Cl)cc1Cl. The summed E-state index contributed by atoms with van der Waals surface area (Å²) in [6.07, 6.45) is 1.55. The Kier molecular flexibility index (Phi) is 5.54. The smallest absolute Gasteiger partial charge is 0.257 e. The molecule has 5 nitrogen and oxygen atoms in total. The molecule has 0 aliphatic carbocycles. The number of hydrogen-bond acceptors (Lipinski definition) is 4. The molecule has 0 aliphatic rings. The Morgan fingerprint density at radius 3 is 2.73 bits per heavy atom. The van der Waals surface area contributed by atoms with Crippen LogP contribution in [0.1, 0.15) is 10.4 Å². The van der Waals surface area contributed by atoms with Crippen LogP contribution < -0.4 is 15.4 Å². The Balaban J connectivity index is 2.04. The predicted octanol–water partition coefficient (Wildman–Crippen LogP) is 3.52. The van der Waals surface area contributed by atoms with Gasteiger partial charge in [0.05, 0.1) is 17.8 Å². The number of halogens is 2. The van der Waals surface area contributed by atoms with Gasteiger partial charge < -0.3 is 10.1 Å². The summed E-state index contributed by atoms with van der Waals surface area (Å²) in [5.74, 6) is 0.0862. The molecular formula is C14H11Cl2N3O2S. The maximum absolute atomic E-state index is 12.1. The third kappa shape index (κ3) is 4.07. The molecule has 0 fully saturated rings. The first-order valence-corrected chi connectivity index (χ1v) is 7.24. The van der Waals surface area contributed by atoms with Gasteiger partial charge in [-0.05, 0) is 42.5 Å². The topological polar surface area (TPSA) is 63.2 Å². The summed E-state index contributed by atoms with van der Waals surface area (Å²) in [7, 11) is 1.50. The molecule has 8 heteroatoms. The van der Waals surface area contributed by atoms with Gasteiger partial charge >= 0.3 is 0 Å². The van der Waals surface area contributed by atoms with Crippen LogP contribution in [0.15, 0.2) is 36.5 Å². The zero-order valence-electron chi connectivity index (χ0n) is 11.4. The summed E-state index contributed by atoms with van der Waals surface area (Å²) in [4.78, 5) is 16.0. The highest BCUT2D eigenvalue weighted by Crippen LogP contribution is 2.24. The molecule has 1 amide bonds. The normalized spacial score (nSPS) is 9.95. The van der Waals surface area contributed by atoms with Crippen molar-refractivity contribution in [1.82, 2.24) is 10.3 Å². The maximum atomic E-state index is 12.1. The molecule has 1 aromatic heterocycles. The minimum atomic E-state index is -0.401. The molecule has 22 heavy (non-hydrogen) atoms. The number of thiocarbonyl (C=S) groups is 1. The number of nitrogens with zero attached hydrogens (tertiary/aromatic N) is 1. The van der Waals surface area contributed by atoms with E-state index < -0.39 is 5.91 Å². The van der Waals surface area contributed by atoms with Crippen LogP contribution in [0, 0.1) is 0 Å². The second kappa shape index (κ2) is 7.40. The fourth-order valence-electron chi connectivity index (χ4n) is 1.62. The summed E-state index contributed by atoms with van der Waals surface area (Å²) in [6, 6.07) is 8.07. The van der Waals surface area contributed by atoms with Crippen molar-refractivity contribution < 1.29 is 9.53 Å². The van der Waals surface area contributed by atoms with E-state index in [1.807, 2.05) is 0 Å². The van der Waals surface area contributed by atoms with Gasteiger partial charge in [0.2, 0.25) is 0 Å². The average Bonchev–Trinajstić information content (AvgIpc) is 2.49. The first-order valence-electron chi connectivity index (χ1n) is 6.07. The summed E-state index contributed by atoms with van der Waals surface area (Å²) < 4.78 is 5.03. The van der Waals surface area contributed by atoms with Crippen molar-refractivity contribution in [2.75, 3.05) is 12.4 Å². The highest BCUT2D eigenvalue weighted by atomic mass is 35.5. The number of methoxy groups -OCH3 is 1. The molecule has 0 spiro atoms. The van der Waals surface area contributed by atoms with Gasteiger partial charge in [-0.2, -0.15) is 0 Å². The number of rotatable bonds is 3. The summed E-state index contributed by atoms with van der Waals surface area (Å²) in [6.45, 7) is 0. The molecule has 0 radical (unpaired) electrons. The first-order chi connectivity index (χ1) is 10.5. The van der Waals surface area contributed by atoms with E-state index in [9.17, 15) is 4.79 Å². The molecular weight excluding hydrogens is 345 g/mol. The molecule has 2 N–H and O–H groups in total. The van der Waals surface area contributed by atoms with Gasteiger partial charge in [-0.1, -0.05) is 23.2 Å². The standard InChI is InChI=1S/C14H11Cl2N3O2S/c1-21-11-5-4-8(7-9(11)15)13(20)19-14(22)18-10-3-2-6-17-12(10)16/h2-7H,1H3,(H2,18,19,20,22). The lowest BCUT2D eigenvalue weighted by atomic mass is 10.2. The molecule has 0 unspecified atom stereocenters. The average molecular weight is 356 g/mol. The fourth-order valence-corrected chi connectivity index (χ4v) is 2.24. The Morgan fingerprint density at radius 2 is 2.09 bits per heavy atom. The Bertz CT molecular complexity index is 725. The molecule has 2 aromatic rings. The number of aromatic nitrogens is 1. The van der Waals surface area contributed by atoms with E-state index in [0.717, 1.165) is 0 Å². The highest BCUT2D eigenvalue weighted by molar-refractivity contribution is 7.80. The van der Waals surface area contributed by atoms with Gasteiger partial charge in [-0.3, -0.25) is 10.1 Å². The van der Waals surface area contributed by atoms with Crippen LogP contribution in [-0.4, -0.2) is 23.1 Å². The number of nitrogens with one attached hydrogen (secondary N) is 2. The van der Waals surface area contributed by atoms with E-state index in [-0.39, 0.29) is 10.3 Å². The van der Waals surface area contributed by atoms with Crippen molar-refractivity contribution in [3.63, 3.8) is 0 Å². The lowest BCUT2D eigenvalue weighted by molar-refractivity contribution is 0.0977. The molecule has 0 bridgehead atoms. The second-order valence-corrected chi connectivity index (χ2v) is 5.27. The second-order valence-electron chi connectivity index (χ2n) is 4.10. The minimum absolute atomic E-state index is 0.104. The van der Waals surface area contributed by atoms with E-state index in [4.69, 9.17) is 40.2 Å². The van der Waals surface area contributed by atoms with E-state index in [1.165, 1.54) is 13.2 Å². The molecule has 114 valence electrons. The number of hydrogen-bond donors (Lipinski definition) is 2. The number of carbonyl (C=O) groups is 1. The predicted molar refractivity (Wildman–Crippen MR) is 90.9 cm³/mol. The lowest BCUT2D eigenvalue weighted by Gasteiger charge is -2.11. The first kappa shape index (κ1) is 16.5. The van der Waals surface area contributed by atoms with Crippen LogP contribution in [0.25, 0.3) is 0 Å². The molecule has 1 heterocycles. The van der Waals surface area contributed by atoms with Gasteiger partial charge in [0.15, 0.2) is 10.3 Å². The van der Waals surface area contributed by atoms with Crippen molar-refractivity contribution in [2.45, 2.75) is 0 Å². The Morgan fingerprint density at radius 1 is 1.32 bits per heavy atom. The molecule has 0 atom stereocenters. The molecule has 0 saturated heterocycles. The fraction of sp³-hybridized carbons (Fsp3) is 0.0714. The summed E-state index contributed by atoms with van der Waals surface area (Å²) in [5, 5.41) is 6.02. The highest BCUT2D eigenvalue weighted by Gasteiger charge is 2.11. The number of amides is 1. The molecule has 0 saturated carbocycles. The number of anilines is 1. The van der Waals surface area contributed by atoms with Crippen LogP contribution >= 0.6 is 35.4 Å². The van der Waals surface area contributed by atoms with E-state index in [1.54, 1.807) is 30.5 Å². The van der Waals surface area contributed by atoms with Crippen molar-refractivity contribution >= 4 is 52.1 Å². The number of benzene rings is 1. The van der Waals surface area contributed by atoms with Crippen molar-refractivity contribution in [3.05, 3.63) is 52.3 Å². The summed E-state index contributed by atoms with van der Waals surface area (Å²) in [5.41, 5.74) is 0.856. The maximum Gasteiger partial charge on any atom is 0.257 e. The van der Waals surface area contributed by atoms with Crippen LogP contribution in [-0.2, 0) is 0 Å². The van der Waals surface area contributed by atoms with Gasteiger partial charge in [0, 0.05) is 11.8 Å². The summed E-state index contributed by atoms with van der Waals surface area (Å²) >= 11 is 16.9. The van der Waals surface area contributed by atoms with Crippen LogP contribution in [0.5, 0.6) is 5.75 Å². The van der Waals surface area contributed by atoms with E-state index in [2.05, 4.69) is 15.6 Å². The van der Waals surface area contributed by atoms with Gasteiger partial charge in [0.1, 0.15) is 5.75 Å². The molecule has 2 rings (SSSR count). The third-order valence-electron chi connectivity index (χ3n) is 2.65. The van der Waals surface area contributed by atoms with Crippen molar-refractivity contribution in [3.8, 4) is 5.75 Å². The Labute approximate surface area is 142 Å². The zero-order valence-corrected chi connectivity index (χ0v) is 13.7. The van der Waals surface area contributed by atoms with E-state index in [0.29, 0.717) is 22.0 Å². The lowest BCUT2D eigenvalue weighted by Crippen LogP contribution is -2.34. The largest absolute Gasteiger partial charge is 0.495 e. The number of pyridine rings is 1. The number of ether oxygens (including phenoxy) is 1. The van der Waals surface area contributed by atoms with Crippen LogP contribution in [0.4, 0.5) is 5.69 Å². The van der Waals surface area contributed by atoms with Gasteiger partial charge in [-0.15, -0.1) is 0 Å². The van der Waals surface area contributed by atoms with Crippen molar-refractivity contribution in [2.24, 2.45) is 0 Å². The minimum Gasteiger partial charge on any atom is -0.495 e. The van der Waals surface area contributed by atoms with E-state index >= 15 is 0 Å².